The van der Waals surface area contributed by atoms with Gasteiger partial charge < -0.3 is 18.6 Å². The molecule has 5 rings (SSSR count). The first-order valence-electron chi connectivity index (χ1n) is 11.2. The summed E-state index contributed by atoms with van der Waals surface area (Å²) in [5.74, 6) is 2.27. The molecule has 0 bridgehead atoms. The van der Waals surface area contributed by atoms with E-state index in [0.29, 0.717) is 30.5 Å². The van der Waals surface area contributed by atoms with Crippen LogP contribution < -0.4 is 4.74 Å². The zero-order valence-corrected chi connectivity index (χ0v) is 18.1. The van der Waals surface area contributed by atoms with Crippen LogP contribution in [0.5, 0.6) is 11.7 Å². The van der Waals surface area contributed by atoms with Crippen LogP contribution >= 0.6 is 0 Å². The summed E-state index contributed by atoms with van der Waals surface area (Å²) >= 11 is 0. The first kappa shape index (κ1) is 20.3. The number of fused-ring (bicyclic) bond motifs is 1. The van der Waals surface area contributed by atoms with Crippen LogP contribution in [0.15, 0.2) is 65.2 Å². The van der Waals surface area contributed by atoms with E-state index < -0.39 is 0 Å². The van der Waals surface area contributed by atoms with E-state index in [0.717, 1.165) is 42.7 Å². The van der Waals surface area contributed by atoms with Gasteiger partial charge in [-0.25, -0.2) is 9.97 Å². The van der Waals surface area contributed by atoms with Gasteiger partial charge in [-0.3, -0.25) is 4.79 Å². The van der Waals surface area contributed by atoms with Crippen LogP contribution in [0.3, 0.4) is 0 Å². The molecule has 164 valence electrons. The number of imidazole rings is 1. The molecular weight excluding hydrogens is 404 g/mol. The number of carbonyl (C=O) groups excluding carboxylic acids is 1. The van der Waals surface area contributed by atoms with Crippen molar-refractivity contribution in [3.8, 4) is 11.7 Å². The smallest absolute Gasteiger partial charge is 0.290 e. The average Bonchev–Trinajstić information content (AvgIpc) is 3.44. The second-order valence-corrected chi connectivity index (χ2v) is 8.05. The lowest BCUT2D eigenvalue weighted by Gasteiger charge is -2.33. The number of benzene rings is 1. The Balaban J connectivity index is 1.27. The van der Waals surface area contributed by atoms with Gasteiger partial charge in [-0.05, 0) is 49.6 Å². The summed E-state index contributed by atoms with van der Waals surface area (Å²) < 4.78 is 13.6. The Morgan fingerprint density at radius 3 is 2.69 bits per heavy atom. The van der Waals surface area contributed by atoms with Crippen molar-refractivity contribution in [3.63, 3.8) is 0 Å². The molecule has 0 atom stereocenters. The molecular formula is C25H26N4O3. The largest absolute Gasteiger partial charge is 0.426 e. The summed E-state index contributed by atoms with van der Waals surface area (Å²) in [6.45, 7) is 3.49. The molecule has 7 nitrogen and oxygen atoms in total. The monoisotopic (exact) mass is 430 g/mol. The van der Waals surface area contributed by atoms with Gasteiger partial charge in [0.15, 0.2) is 11.4 Å². The Labute approximate surface area is 186 Å². The molecule has 0 aliphatic carbocycles. The van der Waals surface area contributed by atoms with Crippen LogP contribution in [0.4, 0.5) is 0 Å². The highest BCUT2D eigenvalue weighted by Gasteiger charge is 2.28. The van der Waals surface area contributed by atoms with Gasteiger partial charge in [0.1, 0.15) is 17.1 Å². The van der Waals surface area contributed by atoms with Gasteiger partial charge >= 0.3 is 0 Å². The number of pyridine rings is 1. The van der Waals surface area contributed by atoms with Gasteiger partial charge in [-0.2, -0.15) is 0 Å². The third-order valence-corrected chi connectivity index (χ3v) is 5.87. The maximum Gasteiger partial charge on any atom is 0.290 e. The minimum absolute atomic E-state index is 0.103. The minimum atomic E-state index is -0.103. The highest BCUT2D eigenvalue weighted by Crippen LogP contribution is 2.30. The maximum absolute atomic E-state index is 13.0. The van der Waals surface area contributed by atoms with Crippen molar-refractivity contribution in [3.05, 3.63) is 72.4 Å². The molecule has 0 unspecified atom stereocenters. The number of nitrogens with zero attached hydrogens (tertiary/aromatic N) is 4. The number of likely N-dealkylation sites (tertiary alicyclic amines) is 1. The number of carbonyl (C=O) groups is 1. The molecule has 3 aromatic heterocycles. The first-order valence-corrected chi connectivity index (χ1v) is 11.2. The fourth-order valence-corrected chi connectivity index (χ4v) is 4.34. The Kier molecular flexibility index (Phi) is 5.62. The zero-order valence-electron chi connectivity index (χ0n) is 18.1. The van der Waals surface area contributed by atoms with Gasteiger partial charge in [0, 0.05) is 37.8 Å². The van der Waals surface area contributed by atoms with Crippen molar-refractivity contribution in [2.75, 3.05) is 13.1 Å². The lowest BCUT2D eigenvalue weighted by Crippen LogP contribution is -2.39. The molecule has 0 N–H and O–H groups in total. The lowest BCUT2D eigenvalue weighted by atomic mass is 10.0. The molecule has 7 heteroatoms. The Hall–Kier alpha value is -3.61. The summed E-state index contributed by atoms with van der Waals surface area (Å²) in [7, 11) is 0. The number of hydrogen-bond donors (Lipinski definition) is 0. The highest BCUT2D eigenvalue weighted by atomic mass is 16.6. The molecule has 1 aromatic carbocycles. The predicted octanol–water partition coefficient (Wildman–Crippen LogP) is 5.25. The van der Waals surface area contributed by atoms with E-state index in [2.05, 4.69) is 16.5 Å². The minimum Gasteiger partial charge on any atom is -0.426 e. The fourth-order valence-electron chi connectivity index (χ4n) is 4.34. The number of aromatic nitrogens is 3. The number of para-hydroxylation sites is 1. The molecule has 0 spiro atoms. The number of piperidine rings is 1. The molecule has 1 amide bonds. The number of amides is 1. The summed E-state index contributed by atoms with van der Waals surface area (Å²) in [4.78, 5) is 24.2. The summed E-state index contributed by atoms with van der Waals surface area (Å²) in [5.41, 5.74) is 1.88. The van der Waals surface area contributed by atoms with E-state index in [4.69, 9.17) is 14.1 Å². The second-order valence-electron chi connectivity index (χ2n) is 8.05. The molecule has 32 heavy (non-hydrogen) atoms. The van der Waals surface area contributed by atoms with E-state index in [1.54, 1.807) is 12.1 Å². The number of hydrogen-bond acceptors (Lipinski definition) is 5. The molecule has 1 aliphatic rings. The van der Waals surface area contributed by atoms with Gasteiger partial charge in [0.2, 0.25) is 0 Å². The SMILES string of the molecule is CCCc1nc2cccnc2n1C1CCN(C(=O)c2ccc(Oc3ccccc3)o2)CC1. The standard InChI is InChI=1S/C25H26N4O3/c1-2-7-22-27-20-10-6-15-26-24(20)29(22)18-13-16-28(17-14-18)25(30)21-11-12-23(32-21)31-19-8-4-3-5-9-19/h3-6,8-12,15,18H,2,7,13-14,16-17H2,1H3. The van der Waals surface area contributed by atoms with Crippen LogP contribution in [-0.2, 0) is 6.42 Å². The van der Waals surface area contributed by atoms with Crippen LogP contribution in [0.25, 0.3) is 11.2 Å². The Morgan fingerprint density at radius 2 is 1.91 bits per heavy atom. The Morgan fingerprint density at radius 1 is 1.09 bits per heavy atom. The van der Waals surface area contributed by atoms with Crippen molar-refractivity contribution in [1.29, 1.82) is 0 Å². The van der Waals surface area contributed by atoms with Crippen molar-refractivity contribution in [2.45, 2.75) is 38.6 Å². The molecule has 4 aromatic rings. The molecule has 1 fully saturated rings. The number of rotatable bonds is 6. The van der Waals surface area contributed by atoms with E-state index in [-0.39, 0.29) is 11.9 Å². The van der Waals surface area contributed by atoms with Gasteiger partial charge in [0.05, 0.1) is 0 Å². The van der Waals surface area contributed by atoms with Crippen molar-refractivity contribution < 1.29 is 13.9 Å². The zero-order chi connectivity index (χ0) is 21.9. The van der Waals surface area contributed by atoms with Gasteiger partial charge in [-0.1, -0.05) is 25.1 Å². The summed E-state index contributed by atoms with van der Waals surface area (Å²) in [5, 5.41) is 0. The molecule has 0 saturated carbocycles. The number of furan rings is 1. The van der Waals surface area contributed by atoms with E-state index in [1.807, 2.05) is 53.6 Å². The molecule has 1 aliphatic heterocycles. The summed E-state index contributed by atoms with van der Waals surface area (Å²) in [6, 6.07) is 17.0. The lowest BCUT2D eigenvalue weighted by molar-refractivity contribution is 0.0658. The topological polar surface area (TPSA) is 73.4 Å². The van der Waals surface area contributed by atoms with Crippen LogP contribution in [0, 0.1) is 0 Å². The van der Waals surface area contributed by atoms with Gasteiger partial charge in [0.25, 0.3) is 11.9 Å². The maximum atomic E-state index is 13.0. The fraction of sp³-hybridized carbons (Fsp3) is 0.320. The van der Waals surface area contributed by atoms with Gasteiger partial charge in [-0.15, -0.1) is 0 Å². The predicted molar refractivity (Wildman–Crippen MR) is 121 cm³/mol. The van der Waals surface area contributed by atoms with Crippen LogP contribution in [0.2, 0.25) is 0 Å². The molecule has 4 heterocycles. The van der Waals surface area contributed by atoms with Crippen LogP contribution in [-0.4, -0.2) is 38.4 Å². The molecule has 0 radical (unpaired) electrons. The van der Waals surface area contributed by atoms with E-state index in [1.165, 1.54) is 0 Å². The number of aryl methyl sites for hydroxylation is 1. The van der Waals surface area contributed by atoms with Crippen molar-refractivity contribution >= 4 is 17.1 Å². The Bertz CT molecular complexity index is 1210. The van der Waals surface area contributed by atoms with Crippen molar-refractivity contribution in [2.24, 2.45) is 0 Å². The molecule has 1 saturated heterocycles. The quantitative estimate of drug-likeness (QED) is 0.418. The number of ether oxygens (including phenoxy) is 1. The highest BCUT2D eigenvalue weighted by molar-refractivity contribution is 5.91. The van der Waals surface area contributed by atoms with Crippen LogP contribution in [0.1, 0.15) is 48.6 Å². The van der Waals surface area contributed by atoms with E-state index in [9.17, 15) is 4.79 Å². The third-order valence-electron chi connectivity index (χ3n) is 5.87. The summed E-state index contributed by atoms with van der Waals surface area (Å²) in [6.07, 6.45) is 5.50. The van der Waals surface area contributed by atoms with E-state index >= 15 is 0 Å². The second kappa shape index (κ2) is 8.86. The third kappa shape index (κ3) is 3.98. The average molecular weight is 431 g/mol. The first-order chi connectivity index (χ1) is 15.7. The van der Waals surface area contributed by atoms with Crippen molar-refractivity contribution in [1.82, 2.24) is 19.4 Å². The normalized spacial score (nSPS) is 14.7.